The molecule has 0 aromatic heterocycles. The van der Waals surface area contributed by atoms with Crippen LogP contribution in [0.15, 0.2) is 24.3 Å². The molecule has 1 saturated heterocycles. The molecule has 0 bridgehead atoms. The van der Waals surface area contributed by atoms with Crippen LogP contribution in [0.2, 0.25) is 0 Å². The number of rotatable bonds is 5. The Morgan fingerprint density at radius 3 is 2.60 bits per heavy atom. The van der Waals surface area contributed by atoms with Gasteiger partial charge in [-0.15, -0.1) is 0 Å². The highest BCUT2D eigenvalue weighted by Crippen LogP contribution is 2.19. The van der Waals surface area contributed by atoms with Gasteiger partial charge in [-0.25, -0.2) is 0 Å². The zero-order valence-electron chi connectivity index (χ0n) is 13.0. The highest BCUT2D eigenvalue weighted by Gasteiger charge is 2.26. The van der Waals surface area contributed by atoms with Crippen LogP contribution in [-0.4, -0.2) is 36.7 Å². The fourth-order valence-electron chi connectivity index (χ4n) is 2.87. The van der Waals surface area contributed by atoms with E-state index in [-0.39, 0.29) is 6.04 Å². The van der Waals surface area contributed by atoms with Crippen LogP contribution in [0.3, 0.4) is 0 Å². The van der Waals surface area contributed by atoms with Crippen molar-refractivity contribution in [1.29, 1.82) is 0 Å². The minimum Gasteiger partial charge on any atom is -0.376 e. The Hall–Kier alpha value is -0.900. The fourth-order valence-corrected chi connectivity index (χ4v) is 2.87. The van der Waals surface area contributed by atoms with Gasteiger partial charge in [0.25, 0.3) is 0 Å². The lowest BCUT2D eigenvalue weighted by molar-refractivity contribution is -0.0575. The van der Waals surface area contributed by atoms with Gasteiger partial charge in [-0.05, 0) is 30.9 Å². The van der Waals surface area contributed by atoms with Crippen molar-refractivity contribution in [2.75, 3.05) is 19.7 Å². The predicted molar refractivity (Wildman–Crippen MR) is 83.8 cm³/mol. The Kier molecular flexibility index (Phi) is 5.58. The van der Waals surface area contributed by atoms with Gasteiger partial charge in [-0.3, -0.25) is 4.90 Å². The Morgan fingerprint density at radius 2 is 2.00 bits per heavy atom. The van der Waals surface area contributed by atoms with Gasteiger partial charge in [0.15, 0.2) is 0 Å². The molecule has 1 aromatic rings. The van der Waals surface area contributed by atoms with E-state index >= 15 is 0 Å². The lowest BCUT2D eigenvalue weighted by atomic mass is 10.0. The second-order valence-corrected chi connectivity index (χ2v) is 5.86. The molecular formula is C17H28N2O. The quantitative estimate of drug-likeness (QED) is 0.898. The van der Waals surface area contributed by atoms with Gasteiger partial charge < -0.3 is 10.5 Å². The molecule has 3 heteroatoms. The SMILES string of the molecule is CCc1ccc(C(N)CN2CC(C)OCC2CC)cc1. The summed E-state index contributed by atoms with van der Waals surface area (Å²) in [4.78, 5) is 2.49. The number of aryl methyl sites for hydroxylation is 1. The predicted octanol–water partition coefficient (Wildman–Crippen LogP) is 2.75. The molecule has 3 atom stereocenters. The van der Waals surface area contributed by atoms with Crippen molar-refractivity contribution in [3.8, 4) is 0 Å². The lowest BCUT2D eigenvalue weighted by Crippen LogP contribution is -2.50. The molecule has 2 N–H and O–H groups in total. The van der Waals surface area contributed by atoms with E-state index in [0.29, 0.717) is 12.1 Å². The number of nitrogens with zero attached hydrogens (tertiary/aromatic N) is 1. The Balaban J connectivity index is 1.99. The highest BCUT2D eigenvalue weighted by molar-refractivity contribution is 5.25. The van der Waals surface area contributed by atoms with Crippen molar-refractivity contribution < 1.29 is 4.74 Å². The molecule has 1 fully saturated rings. The molecule has 3 nitrogen and oxygen atoms in total. The summed E-state index contributed by atoms with van der Waals surface area (Å²) in [5, 5.41) is 0. The van der Waals surface area contributed by atoms with Gasteiger partial charge in [0, 0.05) is 25.2 Å². The third kappa shape index (κ3) is 3.81. The summed E-state index contributed by atoms with van der Waals surface area (Å²) in [6.07, 6.45) is 2.51. The maximum absolute atomic E-state index is 6.40. The van der Waals surface area contributed by atoms with Crippen molar-refractivity contribution in [3.05, 3.63) is 35.4 Å². The molecule has 3 unspecified atom stereocenters. The Morgan fingerprint density at radius 1 is 1.30 bits per heavy atom. The summed E-state index contributed by atoms with van der Waals surface area (Å²) < 4.78 is 5.75. The van der Waals surface area contributed by atoms with Crippen LogP contribution in [-0.2, 0) is 11.2 Å². The molecule has 1 aliphatic rings. The summed E-state index contributed by atoms with van der Waals surface area (Å²) in [6.45, 7) is 9.27. The topological polar surface area (TPSA) is 38.5 Å². The van der Waals surface area contributed by atoms with E-state index in [9.17, 15) is 0 Å². The molecule has 0 aliphatic carbocycles. The van der Waals surface area contributed by atoms with E-state index in [1.807, 2.05) is 0 Å². The van der Waals surface area contributed by atoms with Crippen molar-refractivity contribution in [2.45, 2.75) is 51.8 Å². The average molecular weight is 276 g/mol. The number of morpholine rings is 1. The van der Waals surface area contributed by atoms with Crippen LogP contribution in [0.25, 0.3) is 0 Å². The van der Waals surface area contributed by atoms with Gasteiger partial charge in [0.05, 0.1) is 12.7 Å². The summed E-state index contributed by atoms with van der Waals surface area (Å²) in [5.74, 6) is 0. The van der Waals surface area contributed by atoms with Crippen LogP contribution in [0, 0.1) is 0 Å². The Bertz CT molecular complexity index is 404. The molecule has 0 spiro atoms. The normalized spacial score (nSPS) is 25.6. The first-order valence-electron chi connectivity index (χ1n) is 7.84. The monoisotopic (exact) mass is 276 g/mol. The smallest absolute Gasteiger partial charge is 0.0674 e. The number of ether oxygens (including phenoxy) is 1. The standard InChI is InChI=1S/C17H28N2O/c1-4-14-6-8-15(9-7-14)17(18)11-19-10-13(3)20-12-16(19)5-2/h6-9,13,16-17H,4-5,10-12,18H2,1-3H3. The van der Waals surface area contributed by atoms with E-state index in [0.717, 1.165) is 32.5 Å². The summed E-state index contributed by atoms with van der Waals surface area (Å²) in [6, 6.07) is 9.32. The molecule has 0 radical (unpaired) electrons. The zero-order valence-corrected chi connectivity index (χ0v) is 13.0. The second-order valence-electron chi connectivity index (χ2n) is 5.86. The summed E-state index contributed by atoms with van der Waals surface area (Å²) in [7, 11) is 0. The Labute approximate surface area is 123 Å². The number of hydrogen-bond donors (Lipinski definition) is 1. The second kappa shape index (κ2) is 7.21. The van der Waals surface area contributed by atoms with E-state index in [1.54, 1.807) is 0 Å². The van der Waals surface area contributed by atoms with E-state index in [1.165, 1.54) is 11.1 Å². The van der Waals surface area contributed by atoms with Gasteiger partial charge in [0.2, 0.25) is 0 Å². The van der Waals surface area contributed by atoms with Crippen molar-refractivity contribution >= 4 is 0 Å². The number of hydrogen-bond acceptors (Lipinski definition) is 3. The van der Waals surface area contributed by atoms with Crippen LogP contribution in [0.5, 0.6) is 0 Å². The molecule has 112 valence electrons. The minimum absolute atomic E-state index is 0.0836. The third-order valence-corrected chi connectivity index (χ3v) is 4.30. The average Bonchev–Trinajstić information content (AvgIpc) is 2.47. The largest absolute Gasteiger partial charge is 0.376 e. The first-order valence-corrected chi connectivity index (χ1v) is 7.84. The van der Waals surface area contributed by atoms with Crippen molar-refractivity contribution in [1.82, 2.24) is 4.90 Å². The molecule has 1 aliphatic heterocycles. The molecule has 2 rings (SSSR count). The highest BCUT2D eigenvalue weighted by atomic mass is 16.5. The number of nitrogens with two attached hydrogens (primary N) is 1. The molecular weight excluding hydrogens is 248 g/mol. The van der Waals surface area contributed by atoms with Gasteiger partial charge >= 0.3 is 0 Å². The third-order valence-electron chi connectivity index (χ3n) is 4.30. The molecule has 0 amide bonds. The zero-order chi connectivity index (χ0) is 14.5. The molecule has 1 heterocycles. The number of benzene rings is 1. The van der Waals surface area contributed by atoms with Gasteiger partial charge in [-0.2, -0.15) is 0 Å². The van der Waals surface area contributed by atoms with Gasteiger partial charge in [-0.1, -0.05) is 38.1 Å². The summed E-state index contributed by atoms with van der Waals surface area (Å²) >= 11 is 0. The van der Waals surface area contributed by atoms with E-state index < -0.39 is 0 Å². The molecule has 20 heavy (non-hydrogen) atoms. The first kappa shape index (κ1) is 15.5. The van der Waals surface area contributed by atoms with Crippen molar-refractivity contribution in [2.24, 2.45) is 5.73 Å². The molecule has 0 saturated carbocycles. The van der Waals surface area contributed by atoms with Crippen LogP contribution < -0.4 is 5.73 Å². The van der Waals surface area contributed by atoms with Crippen LogP contribution >= 0.6 is 0 Å². The minimum atomic E-state index is 0.0836. The fraction of sp³-hybridized carbons (Fsp3) is 0.647. The van der Waals surface area contributed by atoms with E-state index in [4.69, 9.17) is 10.5 Å². The van der Waals surface area contributed by atoms with E-state index in [2.05, 4.69) is 49.9 Å². The van der Waals surface area contributed by atoms with Crippen LogP contribution in [0.4, 0.5) is 0 Å². The maximum Gasteiger partial charge on any atom is 0.0674 e. The first-order chi connectivity index (χ1) is 9.63. The maximum atomic E-state index is 6.40. The molecule has 1 aromatic carbocycles. The lowest BCUT2D eigenvalue weighted by Gasteiger charge is -2.39. The van der Waals surface area contributed by atoms with Crippen LogP contribution in [0.1, 0.15) is 44.4 Å². The van der Waals surface area contributed by atoms with Crippen molar-refractivity contribution in [3.63, 3.8) is 0 Å². The summed E-state index contributed by atoms with van der Waals surface area (Å²) in [5.41, 5.74) is 9.00. The van der Waals surface area contributed by atoms with Gasteiger partial charge in [0.1, 0.15) is 0 Å².